The maximum atomic E-state index is 12.2. The number of thiazole rings is 1. The SMILES string of the molecule is COc1ccc(CCNC(=O)Nc2nc(-c3cc(OC)ccc3OC)cs2)cc1. The predicted octanol–water partition coefficient (Wildman–Crippen LogP) is 4.20. The molecule has 0 saturated heterocycles. The van der Waals surface area contributed by atoms with Crippen LogP contribution in [0.15, 0.2) is 47.8 Å². The molecular weight excluding hydrogens is 390 g/mol. The highest BCUT2D eigenvalue weighted by Gasteiger charge is 2.13. The zero-order valence-corrected chi connectivity index (χ0v) is 17.3. The molecular formula is C21H23N3O4S. The van der Waals surface area contributed by atoms with E-state index in [0.717, 1.165) is 23.3 Å². The molecule has 152 valence electrons. The Labute approximate surface area is 173 Å². The smallest absolute Gasteiger partial charge is 0.321 e. The first-order chi connectivity index (χ1) is 14.1. The van der Waals surface area contributed by atoms with Crippen molar-refractivity contribution in [2.75, 3.05) is 33.2 Å². The average Bonchev–Trinajstić information content (AvgIpc) is 3.22. The van der Waals surface area contributed by atoms with Gasteiger partial charge in [0.2, 0.25) is 0 Å². The van der Waals surface area contributed by atoms with Gasteiger partial charge in [-0.25, -0.2) is 9.78 Å². The van der Waals surface area contributed by atoms with Gasteiger partial charge in [0.25, 0.3) is 0 Å². The van der Waals surface area contributed by atoms with Crippen LogP contribution in [0.3, 0.4) is 0 Å². The van der Waals surface area contributed by atoms with Gasteiger partial charge in [-0.2, -0.15) is 0 Å². The molecule has 2 amide bonds. The molecule has 0 spiro atoms. The summed E-state index contributed by atoms with van der Waals surface area (Å²) in [5.41, 5.74) is 2.63. The summed E-state index contributed by atoms with van der Waals surface area (Å²) in [7, 11) is 4.85. The fraction of sp³-hybridized carbons (Fsp3) is 0.238. The lowest BCUT2D eigenvalue weighted by Gasteiger charge is -2.08. The number of amides is 2. The summed E-state index contributed by atoms with van der Waals surface area (Å²) in [4.78, 5) is 16.6. The maximum Gasteiger partial charge on any atom is 0.321 e. The van der Waals surface area contributed by atoms with Gasteiger partial charge < -0.3 is 19.5 Å². The molecule has 0 aliphatic carbocycles. The lowest BCUT2D eigenvalue weighted by molar-refractivity contribution is 0.252. The molecule has 0 aliphatic rings. The van der Waals surface area contributed by atoms with Gasteiger partial charge in [0, 0.05) is 17.5 Å². The molecule has 0 fully saturated rings. The number of nitrogens with zero attached hydrogens (tertiary/aromatic N) is 1. The van der Waals surface area contributed by atoms with Crippen molar-refractivity contribution >= 4 is 22.5 Å². The Morgan fingerprint density at radius 1 is 1.00 bits per heavy atom. The van der Waals surface area contributed by atoms with Crippen LogP contribution in [0.5, 0.6) is 17.2 Å². The summed E-state index contributed by atoms with van der Waals surface area (Å²) < 4.78 is 15.8. The van der Waals surface area contributed by atoms with Crippen molar-refractivity contribution < 1.29 is 19.0 Å². The summed E-state index contributed by atoms with van der Waals surface area (Å²) >= 11 is 1.35. The number of hydrogen-bond acceptors (Lipinski definition) is 6. The largest absolute Gasteiger partial charge is 0.497 e. The standard InChI is InChI=1S/C21H23N3O4S/c1-26-15-6-4-14(5-7-15)10-11-22-20(25)24-21-23-18(13-29-21)17-12-16(27-2)8-9-19(17)28-3/h4-9,12-13H,10-11H2,1-3H3,(H2,22,23,24,25). The fourth-order valence-electron chi connectivity index (χ4n) is 2.72. The second kappa shape index (κ2) is 9.79. The minimum atomic E-state index is -0.294. The van der Waals surface area contributed by atoms with Gasteiger partial charge in [0.05, 0.1) is 27.0 Å². The van der Waals surface area contributed by atoms with E-state index < -0.39 is 0 Å². The normalized spacial score (nSPS) is 10.3. The fourth-order valence-corrected chi connectivity index (χ4v) is 3.43. The number of hydrogen-bond donors (Lipinski definition) is 2. The minimum Gasteiger partial charge on any atom is -0.497 e. The number of ether oxygens (including phenoxy) is 3. The predicted molar refractivity (Wildman–Crippen MR) is 114 cm³/mol. The minimum absolute atomic E-state index is 0.294. The van der Waals surface area contributed by atoms with E-state index in [9.17, 15) is 4.79 Å². The number of carbonyl (C=O) groups is 1. The van der Waals surface area contributed by atoms with Crippen LogP contribution in [0, 0.1) is 0 Å². The molecule has 1 aromatic heterocycles. The first-order valence-corrected chi connectivity index (χ1v) is 9.86. The van der Waals surface area contributed by atoms with Crippen molar-refractivity contribution in [3.8, 4) is 28.5 Å². The molecule has 2 N–H and O–H groups in total. The maximum absolute atomic E-state index is 12.2. The lowest BCUT2D eigenvalue weighted by Crippen LogP contribution is -2.30. The Morgan fingerprint density at radius 3 is 2.41 bits per heavy atom. The van der Waals surface area contributed by atoms with E-state index in [4.69, 9.17) is 14.2 Å². The molecule has 1 heterocycles. The number of methoxy groups -OCH3 is 3. The highest BCUT2D eigenvalue weighted by Crippen LogP contribution is 2.34. The van der Waals surface area contributed by atoms with Crippen molar-refractivity contribution in [3.05, 3.63) is 53.4 Å². The van der Waals surface area contributed by atoms with Crippen LogP contribution in [0.4, 0.5) is 9.93 Å². The average molecular weight is 413 g/mol. The number of carbonyl (C=O) groups excluding carboxylic acids is 1. The monoisotopic (exact) mass is 413 g/mol. The number of nitrogens with one attached hydrogen (secondary N) is 2. The topological polar surface area (TPSA) is 81.7 Å². The summed E-state index contributed by atoms with van der Waals surface area (Å²) in [6.07, 6.45) is 0.724. The van der Waals surface area contributed by atoms with E-state index in [1.807, 2.05) is 47.8 Å². The molecule has 0 aliphatic heterocycles. The number of rotatable bonds is 8. The van der Waals surface area contributed by atoms with Gasteiger partial charge in [-0.15, -0.1) is 11.3 Å². The van der Waals surface area contributed by atoms with Crippen LogP contribution < -0.4 is 24.8 Å². The van der Waals surface area contributed by atoms with Crippen LogP contribution in [0.1, 0.15) is 5.56 Å². The van der Waals surface area contributed by atoms with Crippen molar-refractivity contribution in [1.82, 2.24) is 10.3 Å². The number of urea groups is 1. The Hall–Kier alpha value is -3.26. The Kier molecular flexibility index (Phi) is 6.91. The third kappa shape index (κ3) is 5.39. The third-order valence-electron chi connectivity index (χ3n) is 4.27. The lowest BCUT2D eigenvalue weighted by atomic mass is 10.1. The van der Waals surface area contributed by atoms with Gasteiger partial charge in [0.15, 0.2) is 5.13 Å². The highest BCUT2D eigenvalue weighted by molar-refractivity contribution is 7.14. The molecule has 0 radical (unpaired) electrons. The molecule has 3 rings (SSSR count). The third-order valence-corrected chi connectivity index (χ3v) is 5.02. The molecule has 2 aromatic carbocycles. The first-order valence-electron chi connectivity index (χ1n) is 8.98. The Balaban J connectivity index is 1.56. The van der Waals surface area contributed by atoms with Crippen molar-refractivity contribution in [2.24, 2.45) is 0 Å². The molecule has 0 bridgehead atoms. The van der Waals surface area contributed by atoms with Crippen molar-refractivity contribution in [3.63, 3.8) is 0 Å². The summed E-state index contributed by atoms with van der Waals surface area (Å²) in [6.45, 7) is 0.514. The molecule has 0 unspecified atom stereocenters. The van der Waals surface area contributed by atoms with Crippen molar-refractivity contribution in [1.29, 1.82) is 0 Å². The van der Waals surface area contributed by atoms with E-state index in [2.05, 4.69) is 15.6 Å². The highest BCUT2D eigenvalue weighted by atomic mass is 32.1. The zero-order chi connectivity index (χ0) is 20.6. The Morgan fingerprint density at radius 2 is 1.72 bits per heavy atom. The second-order valence-electron chi connectivity index (χ2n) is 6.08. The quantitative estimate of drug-likeness (QED) is 0.578. The molecule has 0 atom stereocenters. The molecule has 29 heavy (non-hydrogen) atoms. The van der Waals surface area contributed by atoms with E-state index in [1.165, 1.54) is 11.3 Å². The van der Waals surface area contributed by atoms with Crippen LogP contribution in [0.2, 0.25) is 0 Å². The van der Waals surface area contributed by atoms with Gasteiger partial charge in [-0.3, -0.25) is 5.32 Å². The Bertz CT molecular complexity index is 957. The zero-order valence-electron chi connectivity index (χ0n) is 16.5. The number of anilines is 1. The van der Waals surface area contributed by atoms with Gasteiger partial charge in [-0.1, -0.05) is 12.1 Å². The van der Waals surface area contributed by atoms with Gasteiger partial charge in [-0.05, 0) is 42.3 Å². The molecule has 7 nitrogen and oxygen atoms in total. The number of benzene rings is 2. The van der Waals surface area contributed by atoms with E-state index in [1.54, 1.807) is 21.3 Å². The van der Waals surface area contributed by atoms with Crippen LogP contribution in [-0.4, -0.2) is 38.9 Å². The van der Waals surface area contributed by atoms with Gasteiger partial charge >= 0.3 is 6.03 Å². The summed E-state index contributed by atoms with van der Waals surface area (Å²) in [6, 6.07) is 13.0. The van der Waals surface area contributed by atoms with E-state index in [0.29, 0.717) is 28.9 Å². The van der Waals surface area contributed by atoms with Gasteiger partial charge in [0.1, 0.15) is 17.2 Å². The van der Waals surface area contributed by atoms with Crippen LogP contribution >= 0.6 is 11.3 Å². The first kappa shape index (κ1) is 20.5. The van der Waals surface area contributed by atoms with Crippen molar-refractivity contribution in [2.45, 2.75) is 6.42 Å². The second-order valence-corrected chi connectivity index (χ2v) is 6.94. The van der Waals surface area contributed by atoms with Crippen LogP contribution in [-0.2, 0) is 6.42 Å². The molecule has 8 heteroatoms. The molecule has 3 aromatic rings. The summed E-state index contributed by atoms with van der Waals surface area (Å²) in [5.74, 6) is 2.21. The van der Waals surface area contributed by atoms with E-state index >= 15 is 0 Å². The summed E-state index contributed by atoms with van der Waals surface area (Å²) in [5, 5.41) is 7.98. The number of aromatic nitrogens is 1. The molecule has 0 saturated carbocycles. The van der Waals surface area contributed by atoms with E-state index in [-0.39, 0.29) is 6.03 Å². The van der Waals surface area contributed by atoms with Crippen LogP contribution in [0.25, 0.3) is 11.3 Å².